The van der Waals surface area contributed by atoms with Crippen LogP contribution in [0.1, 0.15) is 43.1 Å². The zero-order valence-corrected chi connectivity index (χ0v) is 15.4. The molecular weight excluding hydrogens is 346 g/mol. The van der Waals surface area contributed by atoms with E-state index < -0.39 is 0 Å². The van der Waals surface area contributed by atoms with Gasteiger partial charge in [0.2, 0.25) is 11.1 Å². The molecule has 3 N–H and O–H groups in total. The van der Waals surface area contributed by atoms with E-state index in [-0.39, 0.29) is 17.7 Å². The van der Waals surface area contributed by atoms with Gasteiger partial charge in [-0.1, -0.05) is 54.2 Å². The summed E-state index contributed by atoms with van der Waals surface area (Å²) in [5, 5.41) is 14.2. The van der Waals surface area contributed by atoms with E-state index in [1.807, 2.05) is 25.1 Å². The number of nitrogens with two attached hydrogens (primary N) is 1. The lowest BCUT2D eigenvalue weighted by molar-refractivity contribution is -0.119. The fraction of sp³-hybridized carbons (Fsp3) is 0.316. The average Bonchev–Trinajstić information content (AvgIpc) is 3.42. The Bertz CT molecular complexity index is 945. The Morgan fingerprint density at radius 3 is 2.85 bits per heavy atom. The predicted molar refractivity (Wildman–Crippen MR) is 103 cm³/mol. The van der Waals surface area contributed by atoms with Crippen molar-refractivity contribution in [1.82, 2.24) is 20.2 Å². The molecule has 1 aliphatic rings. The lowest BCUT2D eigenvalue weighted by atomic mass is 10.00. The number of aromatic nitrogens is 3. The van der Waals surface area contributed by atoms with Gasteiger partial charge in [0.05, 0.1) is 11.8 Å². The predicted octanol–water partition coefficient (Wildman–Crippen LogP) is 2.99. The second-order valence-electron chi connectivity index (χ2n) is 6.63. The van der Waals surface area contributed by atoms with Crippen LogP contribution in [-0.2, 0) is 4.79 Å². The Morgan fingerprint density at radius 1 is 1.27 bits per heavy atom. The van der Waals surface area contributed by atoms with E-state index in [4.69, 9.17) is 5.84 Å². The van der Waals surface area contributed by atoms with Crippen molar-refractivity contribution in [3.63, 3.8) is 0 Å². The van der Waals surface area contributed by atoms with Crippen LogP contribution in [0.25, 0.3) is 10.8 Å². The number of fused-ring (bicyclic) bond motifs is 1. The Labute approximate surface area is 156 Å². The van der Waals surface area contributed by atoms with Gasteiger partial charge in [-0.05, 0) is 36.1 Å². The number of nitrogens with one attached hydrogen (secondary N) is 1. The van der Waals surface area contributed by atoms with Crippen LogP contribution in [-0.4, -0.2) is 26.5 Å². The number of hydrogen-bond acceptors (Lipinski definition) is 5. The minimum Gasteiger partial charge on any atom is -0.349 e. The molecule has 1 atom stereocenters. The molecule has 0 spiro atoms. The normalized spacial score (nSPS) is 15.1. The SMILES string of the molecule is C[C@H](NC(=O)CSc1nnc(C2CC2)n1N)c1cccc2ccccc12. The summed E-state index contributed by atoms with van der Waals surface area (Å²) < 4.78 is 1.52. The second-order valence-corrected chi connectivity index (χ2v) is 7.57. The summed E-state index contributed by atoms with van der Waals surface area (Å²) in [7, 11) is 0. The molecule has 6 nitrogen and oxygen atoms in total. The average molecular weight is 367 g/mol. The highest BCUT2D eigenvalue weighted by Gasteiger charge is 2.30. The third-order valence-electron chi connectivity index (χ3n) is 4.63. The lowest BCUT2D eigenvalue weighted by Crippen LogP contribution is -2.28. The Balaban J connectivity index is 1.40. The number of carbonyl (C=O) groups is 1. The van der Waals surface area contributed by atoms with Gasteiger partial charge in [-0.2, -0.15) is 0 Å². The monoisotopic (exact) mass is 367 g/mol. The molecule has 0 radical (unpaired) electrons. The molecule has 2 aromatic carbocycles. The number of nitrogens with zero attached hydrogens (tertiary/aromatic N) is 3. The van der Waals surface area contributed by atoms with Gasteiger partial charge in [0.25, 0.3) is 0 Å². The smallest absolute Gasteiger partial charge is 0.230 e. The first-order valence-corrected chi connectivity index (χ1v) is 9.72. The highest BCUT2D eigenvalue weighted by atomic mass is 32.2. The molecule has 1 aromatic heterocycles. The van der Waals surface area contributed by atoms with Gasteiger partial charge in [0.15, 0.2) is 5.82 Å². The van der Waals surface area contributed by atoms with Gasteiger partial charge in [-0.15, -0.1) is 10.2 Å². The Hall–Kier alpha value is -2.54. The minimum atomic E-state index is -0.0769. The molecule has 1 aliphatic carbocycles. The number of thioether (sulfide) groups is 1. The first-order valence-electron chi connectivity index (χ1n) is 8.73. The molecule has 0 aliphatic heterocycles. The molecule has 7 heteroatoms. The molecule has 3 aromatic rings. The minimum absolute atomic E-state index is 0.0496. The van der Waals surface area contributed by atoms with Crippen molar-refractivity contribution in [2.75, 3.05) is 11.6 Å². The molecule has 0 bridgehead atoms. The lowest BCUT2D eigenvalue weighted by Gasteiger charge is -2.16. The van der Waals surface area contributed by atoms with Crippen molar-refractivity contribution < 1.29 is 4.79 Å². The van der Waals surface area contributed by atoms with Crippen LogP contribution in [0.2, 0.25) is 0 Å². The summed E-state index contributed by atoms with van der Waals surface area (Å²) in [5.41, 5.74) is 1.11. The van der Waals surface area contributed by atoms with Crippen LogP contribution in [0.15, 0.2) is 47.6 Å². The Kier molecular flexibility index (Phi) is 4.55. The van der Waals surface area contributed by atoms with E-state index >= 15 is 0 Å². The van der Waals surface area contributed by atoms with Crippen molar-refractivity contribution in [2.45, 2.75) is 36.9 Å². The molecule has 1 heterocycles. The van der Waals surface area contributed by atoms with Gasteiger partial charge >= 0.3 is 0 Å². The summed E-state index contributed by atoms with van der Waals surface area (Å²) in [5.74, 6) is 7.48. The fourth-order valence-corrected chi connectivity index (χ4v) is 3.80. The molecular formula is C19H21N5OS. The summed E-state index contributed by atoms with van der Waals surface area (Å²) >= 11 is 1.31. The summed E-state index contributed by atoms with van der Waals surface area (Å²) in [4.78, 5) is 12.4. The van der Waals surface area contributed by atoms with Crippen LogP contribution < -0.4 is 11.2 Å². The number of amides is 1. The summed E-state index contributed by atoms with van der Waals surface area (Å²) in [6.45, 7) is 2.00. The van der Waals surface area contributed by atoms with Crippen molar-refractivity contribution in [3.05, 3.63) is 53.9 Å². The van der Waals surface area contributed by atoms with E-state index in [1.165, 1.54) is 21.8 Å². The summed E-state index contributed by atoms with van der Waals surface area (Å²) in [6.07, 6.45) is 2.23. The number of benzene rings is 2. The molecule has 4 rings (SSSR count). The molecule has 0 unspecified atom stereocenters. The first kappa shape index (κ1) is 16.9. The first-order chi connectivity index (χ1) is 12.6. The molecule has 1 amide bonds. The van der Waals surface area contributed by atoms with Gasteiger partial charge < -0.3 is 11.2 Å². The standard InChI is InChI=1S/C19H21N5OS/c1-12(15-8-4-6-13-5-2-3-7-16(13)15)21-17(25)11-26-19-23-22-18(24(19)20)14-9-10-14/h2-8,12,14H,9-11,20H2,1H3,(H,21,25)/t12-/m0/s1. The molecule has 26 heavy (non-hydrogen) atoms. The zero-order chi connectivity index (χ0) is 18.1. The summed E-state index contributed by atoms with van der Waals surface area (Å²) in [6, 6.07) is 14.3. The second kappa shape index (κ2) is 6.99. The van der Waals surface area contributed by atoms with Crippen molar-refractivity contribution >= 4 is 28.4 Å². The zero-order valence-electron chi connectivity index (χ0n) is 14.6. The van der Waals surface area contributed by atoms with Gasteiger partial charge in [0.1, 0.15) is 0 Å². The van der Waals surface area contributed by atoms with Crippen molar-refractivity contribution in [3.8, 4) is 0 Å². The largest absolute Gasteiger partial charge is 0.349 e. The van der Waals surface area contributed by atoms with Gasteiger partial charge in [-0.3, -0.25) is 4.79 Å². The van der Waals surface area contributed by atoms with E-state index in [0.717, 1.165) is 29.6 Å². The Morgan fingerprint density at radius 2 is 2.04 bits per heavy atom. The maximum Gasteiger partial charge on any atom is 0.230 e. The van der Waals surface area contributed by atoms with Gasteiger partial charge in [-0.25, -0.2) is 4.68 Å². The number of carbonyl (C=O) groups excluding carboxylic acids is 1. The molecule has 1 fully saturated rings. The third-order valence-corrected chi connectivity index (χ3v) is 5.58. The van der Waals surface area contributed by atoms with Gasteiger partial charge in [0, 0.05) is 5.92 Å². The highest BCUT2D eigenvalue weighted by molar-refractivity contribution is 7.99. The van der Waals surface area contributed by atoms with E-state index in [0.29, 0.717) is 11.1 Å². The van der Waals surface area contributed by atoms with Crippen LogP contribution in [0.3, 0.4) is 0 Å². The topological polar surface area (TPSA) is 85.8 Å². The molecule has 0 saturated heterocycles. The number of hydrogen-bond donors (Lipinski definition) is 2. The fourth-order valence-electron chi connectivity index (χ4n) is 3.13. The van der Waals surface area contributed by atoms with E-state index in [9.17, 15) is 4.79 Å². The number of rotatable bonds is 6. The van der Waals surface area contributed by atoms with E-state index in [2.05, 4.69) is 39.8 Å². The quantitative estimate of drug-likeness (QED) is 0.517. The van der Waals surface area contributed by atoms with E-state index in [1.54, 1.807) is 0 Å². The van der Waals surface area contributed by atoms with Crippen molar-refractivity contribution in [1.29, 1.82) is 0 Å². The maximum atomic E-state index is 12.4. The van der Waals surface area contributed by atoms with Crippen molar-refractivity contribution in [2.24, 2.45) is 0 Å². The maximum absolute atomic E-state index is 12.4. The number of nitrogen functional groups attached to an aromatic ring is 1. The highest BCUT2D eigenvalue weighted by Crippen LogP contribution is 2.39. The van der Waals surface area contributed by atoms with Crippen LogP contribution in [0, 0.1) is 0 Å². The van der Waals surface area contributed by atoms with Crippen LogP contribution in [0.5, 0.6) is 0 Å². The molecule has 134 valence electrons. The van der Waals surface area contributed by atoms with Crippen LogP contribution in [0.4, 0.5) is 0 Å². The molecule has 1 saturated carbocycles. The van der Waals surface area contributed by atoms with Crippen LogP contribution >= 0.6 is 11.8 Å². The third kappa shape index (κ3) is 3.39.